The molecule has 1 aromatic rings. The number of rotatable bonds is 2. The lowest BCUT2D eigenvalue weighted by molar-refractivity contribution is -0.385. The molecule has 0 fully saturated rings. The smallest absolute Gasteiger partial charge is 0.273 e. The Bertz CT molecular complexity index is 333. The number of nitrogens with two attached hydrogens (primary N) is 1. The molecule has 0 amide bonds. The molecule has 0 spiro atoms. The monoisotopic (exact) mass is 204 g/mol. The average Bonchev–Trinajstić information content (AvgIpc) is 2.03. The van der Waals surface area contributed by atoms with Crippen LogP contribution < -0.4 is 5.73 Å². The van der Waals surface area contributed by atoms with Crippen LogP contribution in [0.4, 0.5) is 10.1 Å². The molecule has 0 heterocycles. The topological polar surface area (TPSA) is 69.2 Å². The van der Waals surface area contributed by atoms with Gasteiger partial charge in [0.2, 0.25) is 0 Å². The highest BCUT2D eigenvalue weighted by atomic mass is 35.5. The molecular weight excluding hydrogens is 199 g/mol. The second-order valence-corrected chi connectivity index (χ2v) is 2.76. The minimum atomic E-state index is -0.748. The summed E-state index contributed by atoms with van der Waals surface area (Å²) in [5.74, 6) is -0.748. The minimum absolute atomic E-state index is 0.0193. The van der Waals surface area contributed by atoms with Crippen LogP contribution >= 0.6 is 11.6 Å². The number of hydrogen-bond acceptors (Lipinski definition) is 3. The van der Waals surface area contributed by atoms with Crippen molar-refractivity contribution in [2.24, 2.45) is 5.73 Å². The normalized spacial score (nSPS) is 10.1. The summed E-state index contributed by atoms with van der Waals surface area (Å²) in [4.78, 5) is 9.54. The lowest BCUT2D eigenvalue weighted by atomic mass is 10.2. The van der Waals surface area contributed by atoms with Crippen molar-refractivity contribution in [3.63, 3.8) is 0 Å². The average molecular weight is 205 g/mol. The van der Waals surface area contributed by atoms with Crippen molar-refractivity contribution in [2.75, 3.05) is 0 Å². The predicted molar refractivity (Wildman–Crippen MR) is 46.0 cm³/mol. The molecule has 0 saturated carbocycles. The zero-order valence-corrected chi connectivity index (χ0v) is 7.21. The number of benzene rings is 1. The third kappa shape index (κ3) is 1.93. The van der Waals surface area contributed by atoms with Crippen molar-refractivity contribution in [1.82, 2.24) is 0 Å². The van der Waals surface area contributed by atoms with E-state index in [2.05, 4.69) is 0 Å². The van der Waals surface area contributed by atoms with Gasteiger partial charge in [-0.1, -0.05) is 11.6 Å². The number of halogens is 2. The highest BCUT2D eigenvalue weighted by Crippen LogP contribution is 2.25. The maximum absolute atomic E-state index is 13.0. The molecule has 0 aromatic heterocycles. The SMILES string of the molecule is NCc1c(F)cc([N+](=O)[O-])cc1Cl. The van der Waals surface area contributed by atoms with Crippen LogP contribution in [-0.4, -0.2) is 4.92 Å². The second-order valence-electron chi connectivity index (χ2n) is 2.35. The van der Waals surface area contributed by atoms with Gasteiger partial charge in [0.05, 0.1) is 16.0 Å². The van der Waals surface area contributed by atoms with E-state index in [1.165, 1.54) is 0 Å². The Morgan fingerprint density at radius 2 is 2.23 bits per heavy atom. The number of nitrogens with zero attached hydrogens (tertiary/aromatic N) is 1. The Morgan fingerprint density at radius 1 is 1.62 bits per heavy atom. The van der Waals surface area contributed by atoms with Gasteiger partial charge in [-0.05, 0) is 0 Å². The van der Waals surface area contributed by atoms with E-state index in [1.807, 2.05) is 0 Å². The molecule has 1 aromatic carbocycles. The summed E-state index contributed by atoms with van der Waals surface area (Å²) in [7, 11) is 0. The van der Waals surface area contributed by atoms with Crippen LogP contribution in [0.1, 0.15) is 5.56 Å². The third-order valence-corrected chi connectivity index (χ3v) is 1.88. The molecular formula is C7H6ClFN2O2. The molecule has 0 saturated heterocycles. The zero-order valence-electron chi connectivity index (χ0n) is 6.46. The molecule has 0 atom stereocenters. The first-order valence-corrected chi connectivity index (χ1v) is 3.76. The van der Waals surface area contributed by atoms with E-state index in [-0.39, 0.29) is 22.8 Å². The van der Waals surface area contributed by atoms with Gasteiger partial charge in [0.25, 0.3) is 5.69 Å². The van der Waals surface area contributed by atoms with Crippen LogP contribution in [0.3, 0.4) is 0 Å². The van der Waals surface area contributed by atoms with Gasteiger partial charge < -0.3 is 5.73 Å². The van der Waals surface area contributed by atoms with Crippen molar-refractivity contribution >= 4 is 17.3 Å². The van der Waals surface area contributed by atoms with E-state index >= 15 is 0 Å². The van der Waals surface area contributed by atoms with Crippen LogP contribution in [-0.2, 0) is 6.54 Å². The zero-order chi connectivity index (χ0) is 10.0. The molecule has 0 aliphatic heterocycles. The number of nitro benzene ring substituents is 1. The van der Waals surface area contributed by atoms with Gasteiger partial charge >= 0.3 is 0 Å². The largest absolute Gasteiger partial charge is 0.326 e. The standard InChI is InChI=1S/C7H6ClFN2O2/c8-6-1-4(11(12)13)2-7(9)5(6)3-10/h1-2H,3,10H2. The van der Waals surface area contributed by atoms with Gasteiger partial charge in [-0.3, -0.25) is 10.1 Å². The Hall–Kier alpha value is -1.20. The van der Waals surface area contributed by atoms with Crippen molar-refractivity contribution in [3.8, 4) is 0 Å². The highest BCUT2D eigenvalue weighted by Gasteiger charge is 2.14. The first kappa shape index (κ1) is 9.88. The number of nitro groups is 1. The van der Waals surface area contributed by atoms with E-state index in [1.54, 1.807) is 0 Å². The van der Waals surface area contributed by atoms with Crippen LogP contribution in [0.15, 0.2) is 12.1 Å². The Morgan fingerprint density at radius 3 is 2.62 bits per heavy atom. The second kappa shape index (κ2) is 3.68. The van der Waals surface area contributed by atoms with Crippen LogP contribution in [0.2, 0.25) is 5.02 Å². The summed E-state index contributed by atoms with van der Waals surface area (Å²) in [5.41, 5.74) is 4.90. The highest BCUT2D eigenvalue weighted by molar-refractivity contribution is 6.31. The van der Waals surface area contributed by atoms with E-state index in [0.29, 0.717) is 0 Å². The summed E-state index contributed by atoms with van der Waals surface area (Å²) in [6.07, 6.45) is 0. The molecule has 0 bridgehead atoms. The predicted octanol–water partition coefficient (Wildman–Crippen LogP) is 1.85. The van der Waals surface area contributed by atoms with Crippen LogP contribution in [0.25, 0.3) is 0 Å². The Kier molecular flexibility index (Phi) is 2.79. The molecule has 0 unspecified atom stereocenters. The van der Waals surface area contributed by atoms with Gasteiger partial charge in [0.1, 0.15) is 5.82 Å². The van der Waals surface area contributed by atoms with Gasteiger partial charge in [-0.25, -0.2) is 4.39 Å². The fourth-order valence-corrected chi connectivity index (χ4v) is 1.17. The Balaban J connectivity index is 3.28. The van der Waals surface area contributed by atoms with Gasteiger partial charge in [-0.2, -0.15) is 0 Å². The van der Waals surface area contributed by atoms with Gasteiger partial charge in [0.15, 0.2) is 0 Å². The minimum Gasteiger partial charge on any atom is -0.326 e. The fourth-order valence-electron chi connectivity index (χ4n) is 0.890. The third-order valence-electron chi connectivity index (χ3n) is 1.54. The first-order chi connectivity index (χ1) is 6.06. The molecule has 0 radical (unpaired) electrons. The number of hydrogen-bond donors (Lipinski definition) is 1. The van der Waals surface area contributed by atoms with Crippen molar-refractivity contribution in [3.05, 3.63) is 38.7 Å². The lowest BCUT2D eigenvalue weighted by Crippen LogP contribution is -2.02. The fraction of sp³-hybridized carbons (Fsp3) is 0.143. The summed E-state index contributed by atoms with van der Waals surface area (Å²) in [5, 5.41) is 10.2. The molecule has 2 N–H and O–H groups in total. The van der Waals surface area contributed by atoms with Gasteiger partial charge in [-0.15, -0.1) is 0 Å². The lowest BCUT2D eigenvalue weighted by Gasteiger charge is -2.01. The molecule has 1 rings (SSSR count). The summed E-state index contributed by atoms with van der Waals surface area (Å²) in [6, 6.07) is 1.88. The Labute approximate surface area is 78.3 Å². The van der Waals surface area contributed by atoms with Crippen molar-refractivity contribution in [2.45, 2.75) is 6.54 Å². The molecule has 13 heavy (non-hydrogen) atoms. The summed E-state index contributed by atoms with van der Waals surface area (Å²) < 4.78 is 13.0. The van der Waals surface area contributed by atoms with Crippen LogP contribution in [0, 0.1) is 15.9 Å². The van der Waals surface area contributed by atoms with E-state index in [9.17, 15) is 14.5 Å². The van der Waals surface area contributed by atoms with E-state index in [4.69, 9.17) is 17.3 Å². The van der Waals surface area contributed by atoms with Crippen LogP contribution in [0.5, 0.6) is 0 Å². The van der Waals surface area contributed by atoms with Gasteiger partial charge in [0, 0.05) is 18.2 Å². The first-order valence-electron chi connectivity index (χ1n) is 3.38. The van der Waals surface area contributed by atoms with E-state index < -0.39 is 10.7 Å². The maximum Gasteiger partial charge on any atom is 0.273 e. The maximum atomic E-state index is 13.0. The summed E-state index contributed by atoms with van der Waals surface area (Å²) >= 11 is 5.55. The molecule has 4 nitrogen and oxygen atoms in total. The quantitative estimate of drug-likeness (QED) is 0.590. The van der Waals surface area contributed by atoms with E-state index in [0.717, 1.165) is 12.1 Å². The van der Waals surface area contributed by atoms with Crippen molar-refractivity contribution in [1.29, 1.82) is 0 Å². The van der Waals surface area contributed by atoms with Crippen molar-refractivity contribution < 1.29 is 9.31 Å². The number of non-ortho nitro benzene ring substituents is 1. The molecule has 0 aliphatic carbocycles. The molecule has 6 heteroatoms. The molecule has 0 aliphatic rings. The molecule has 70 valence electrons. The summed E-state index contributed by atoms with van der Waals surface area (Å²) in [6.45, 7) is -0.0807.